The quantitative estimate of drug-likeness (QED) is 0.853. The molecule has 0 saturated carbocycles. The zero-order valence-corrected chi connectivity index (χ0v) is 13.9. The molecule has 0 aliphatic carbocycles. The Labute approximate surface area is 133 Å². The fourth-order valence-electron chi connectivity index (χ4n) is 2.41. The van der Waals surface area contributed by atoms with Gasteiger partial charge in [-0.3, -0.25) is 4.90 Å². The van der Waals surface area contributed by atoms with Gasteiger partial charge in [-0.15, -0.1) is 10.2 Å². The van der Waals surface area contributed by atoms with Crippen LogP contribution in [0.1, 0.15) is 38.0 Å². The van der Waals surface area contributed by atoms with Crippen LogP contribution in [0.4, 0.5) is 4.79 Å². The Bertz CT molecular complexity index is 658. The second kappa shape index (κ2) is 5.72. The van der Waals surface area contributed by atoms with E-state index >= 15 is 0 Å². The minimum atomic E-state index is -0.480. The molecule has 2 aromatic heterocycles. The molecular weight excluding hydrogens is 300 g/mol. The molecule has 3 rings (SSSR count). The molecule has 6 nitrogen and oxygen atoms in total. The highest BCUT2D eigenvalue weighted by atomic mass is 32.1. The molecule has 0 saturated heterocycles. The Balaban J connectivity index is 1.70. The van der Waals surface area contributed by atoms with Crippen LogP contribution in [-0.4, -0.2) is 37.9 Å². The number of carbonyl (C=O) groups is 1. The Morgan fingerprint density at radius 3 is 2.86 bits per heavy atom. The molecule has 1 aliphatic rings. The first-order valence-electron chi connectivity index (χ1n) is 7.32. The SMILES string of the molecule is CC(C)(C)OC(=O)N1CCn2c(Cc3ccsc3)nnc2C1. The third-order valence-corrected chi connectivity index (χ3v) is 4.16. The highest BCUT2D eigenvalue weighted by Gasteiger charge is 2.28. The predicted molar refractivity (Wildman–Crippen MR) is 83.8 cm³/mol. The first-order chi connectivity index (χ1) is 10.4. The third-order valence-electron chi connectivity index (χ3n) is 3.42. The van der Waals surface area contributed by atoms with Crippen molar-refractivity contribution in [3.8, 4) is 0 Å². The minimum absolute atomic E-state index is 0.291. The Morgan fingerprint density at radius 1 is 1.36 bits per heavy atom. The average Bonchev–Trinajstić information content (AvgIpc) is 3.07. The lowest BCUT2D eigenvalue weighted by Gasteiger charge is -2.30. The van der Waals surface area contributed by atoms with Crippen LogP contribution in [0.15, 0.2) is 16.8 Å². The van der Waals surface area contributed by atoms with Crippen molar-refractivity contribution in [1.82, 2.24) is 19.7 Å². The lowest BCUT2D eigenvalue weighted by atomic mass is 10.2. The van der Waals surface area contributed by atoms with Crippen LogP contribution in [0.3, 0.4) is 0 Å². The maximum Gasteiger partial charge on any atom is 0.410 e. The standard InChI is InChI=1S/C15H20N4O2S/c1-15(2,3)21-14(20)18-5-6-19-12(16-17-13(19)9-18)8-11-4-7-22-10-11/h4,7,10H,5-6,8-9H2,1-3H3. The monoisotopic (exact) mass is 320 g/mol. The molecule has 0 aromatic carbocycles. The zero-order valence-electron chi connectivity index (χ0n) is 13.1. The summed E-state index contributed by atoms with van der Waals surface area (Å²) in [6.45, 7) is 7.39. The van der Waals surface area contributed by atoms with Crippen LogP contribution < -0.4 is 0 Å². The molecule has 118 valence electrons. The summed E-state index contributed by atoms with van der Waals surface area (Å²) in [7, 11) is 0. The van der Waals surface area contributed by atoms with Crippen molar-refractivity contribution in [2.45, 2.75) is 45.9 Å². The Morgan fingerprint density at radius 2 is 2.18 bits per heavy atom. The summed E-state index contributed by atoms with van der Waals surface area (Å²) in [6, 6.07) is 2.10. The van der Waals surface area contributed by atoms with E-state index in [-0.39, 0.29) is 6.09 Å². The number of hydrogen-bond acceptors (Lipinski definition) is 5. The summed E-state index contributed by atoms with van der Waals surface area (Å²) in [6.07, 6.45) is 0.490. The maximum atomic E-state index is 12.1. The van der Waals surface area contributed by atoms with E-state index in [1.807, 2.05) is 20.8 Å². The summed E-state index contributed by atoms with van der Waals surface area (Å²) in [4.78, 5) is 13.8. The normalized spacial score (nSPS) is 14.8. The lowest BCUT2D eigenvalue weighted by Crippen LogP contribution is -2.41. The van der Waals surface area contributed by atoms with Gasteiger partial charge in [0, 0.05) is 19.5 Å². The van der Waals surface area contributed by atoms with Crippen molar-refractivity contribution in [1.29, 1.82) is 0 Å². The van der Waals surface area contributed by atoms with Crippen molar-refractivity contribution in [2.24, 2.45) is 0 Å². The van der Waals surface area contributed by atoms with Crippen LogP contribution >= 0.6 is 11.3 Å². The van der Waals surface area contributed by atoms with E-state index < -0.39 is 5.60 Å². The van der Waals surface area contributed by atoms with Crippen molar-refractivity contribution in [3.05, 3.63) is 34.0 Å². The second-order valence-electron chi connectivity index (χ2n) is 6.39. The van der Waals surface area contributed by atoms with Gasteiger partial charge < -0.3 is 9.30 Å². The predicted octanol–water partition coefficient (Wildman–Crippen LogP) is 2.68. The van der Waals surface area contributed by atoms with Gasteiger partial charge in [0.05, 0.1) is 6.54 Å². The van der Waals surface area contributed by atoms with Gasteiger partial charge in [-0.1, -0.05) is 0 Å². The zero-order chi connectivity index (χ0) is 15.7. The number of rotatable bonds is 2. The Kier molecular flexibility index (Phi) is 3.90. The summed E-state index contributed by atoms with van der Waals surface area (Å²) in [5, 5.41) is 12.7. The number of fused-ring (bicyclic) bond motifs is 1. The lowest BCUT2D eigenvalue weighted by molar-refractivity contribution is 0.0194. The Hall–Kier alpha value is -1.89. The summed E-state index contributed by atoms with van der Waals surface area (Å²) in [5.74, 6) is 1.78. The number of nitrogens with zero attached hydrogens (tertiary/aromatic N) is 4. The number of amides is 1. The van der Waals surface area contributed by atoms with E-state index in [4.69, 9.17) is 4.74 Å². The fourth-order valence-corrected chi connectivity index (χ4v) is 3.08. The molecule has 1 aliphatic heterocycles. The van der Waals surface area contributed by atoms with Gasteiger partial charge in [-0.2, -0.15) is 11.3 Å². The van der Waals surface area contributed by atoms with Gasteiger partial charge in [0.1, 0.15) is 11.4 Å². The minimum Gasteiger partial charge on any atom is -0.444 e. The molecule has 1 amide bonds. The molecule has 0 fully saturated rings. The summed E-state index contributed by atoms with van der Waals surface area (Å²) in [5.41, 5.74) is 0.765. The van der Waals surface area contributed by atoms with Crippen LogP contribution in [-0.2, 0) is 24.2 Å². The summed E-state index contributed by atoms with van der Waals surface area (Å²) >= 11 is 1.68. The van der Waals surface area contributed by atoms with E-state index in [9.17, 15) is 4.79 Å². The molecular formula is C15H20N4O2S. The van der Waals surface area contributed by atoms with Crippen LogP contribution in [0.2, 0.25) is 0 Å². The molecule has 0 spiro atoms. The van der Waals surface area contributed by atoms with Crippen molar-refractivity contribution in [3.63, 3.8) is 0 Å². The maximum absolute atomic E-state index is 12.1. The van der Waals surface area contributed by atoms with Crippen LogP contribution in [0, 0.1) is 0 Å². The summed E-state index contributed by atoms with van der Waals surface area (Å²) < 4.78 is 7.52. The first-order valence-corrected chi connectivity index (χ1v) is 8.26. The second-order valence-corrected chi connectivity index (χ2v) is 7.17. The highest BCUT2D eigenvalue weighted by molar-refractivity contribution is 7.07. The molecule has 0 atom stereocenters. The van der Waals surface area contributed by atoms with E-state index in [1.165, 1.54) is 5.56 Å². The largest absolute Gasteiger partial charge is 0.444 e. The number of aromatic nitrogens is 3. The van der Waals surface area contributed by atoms with Gasteiger partial charge in [-0.25, -0.2) is 4.79 Å². The van der Waals surface area contributed by atoms with E-state index in [1.54, 1.807) is 16.2 Å². The smallest absolute Gasteiger partial charge is 0.410 e. The highest BCUT2D eigenvalue weighted by Crippen LogP contribution is 2.18. The van der Waals surface area contributed by atoms with Gasteiger partial charge in [0.15, 0.2) is 5.82 Å². The van der Waals surface area contributed by atoms with Crippen LogP contribution in [0.25, 0.3) is 0 Å². The molecule has 0 N–H and O–H groups in total. The van der Waals surface area contributed by atoms with Gasteiger partial charge >= 0.3 is 6.09 Å². The number of thiophene rings is 1. The van der Waals surface area contributed by atoms with Gasteiger partial charge in [0.2, 0.25) is 0 Å². The van der Waals surface area contributed by atoms with Crippen molar-refractivity contribution < 1.29 is 9.53 Å². The van der Waals surface area contributed by atoms with Crippen LogP contribution in [0.5, 0.6) is 0 Å². The van der Waals surface area contributed by atoms with Crippen molar-refractivity contribution in [2.75, 3.05) is 6.54 Å². The molecule has 0 bridgehead atoms. The van der Waals surface area contributed by atoms with Gasteiger partial charge in [0.25, 0.3) is 0 Å². The molecule has 22 heavy (non-hydrogen) atoms. The van der Waals surface area contributed by atoms with E-state index in [2.05, 4.69) is 31.6 Å². The first kappa shape index (κ1) is 15.0. The van der Waals surface area contributed by atoms with E-state index in [0.717, 1.165) is 18.1 Å². The average molecular weight is 320 g/mol. The third kappa shape index (κ3) is 3.30. The molecule has 3 heterocycles. The van der Waals surface area contributed by atoms with E-state index in [0.29, 0.717) is 19.6 Å². The fraction of sp³-hybridized carbons (Fsp3) is 0.533. The van der Waals surface area contributed by atoms with Gasteiger partial charge in [-0.05, 0) is 43.2 Å². The topological polar surface area (TPSA) is 60.2 Å². The molecule has 7 heteroatoms. The molecule has 0 unspecified atom stereocenters. The molecule has 2 aromatic rings. The van der Waals surface area contributed by atoms with Crippen molar-refractivity contribution >= 4 is 17.4 Å². The molecule has 0 radical (unpaired) electrons. The number of carbonyl (C=O) groups excluding carboxylic acids is 1. The number of ether oxygens (including phenoxy) is 1. The number of hydrogen-bond donors (Lipinski definition) is 0.